The molecule has 0 amide bonds. The molecule has 7 heteroatoms. The molecule has 1 aliphatic heterocycles. The largest absolute Gasteiger partial charge is 0.338 e. The highest BCUT2D eigenvalue weighted by Crippen LogP contribution is 2.29. The predicted molar refractivity (Wildman–Crippen MR) is 84.2 cm³/mol. The molecule has 1 saturated heterocycles. The number of halogens is 2. The van der Waals surface area contributed by atoms with Crippen LogP contribution in [0.1, 0.15) is 6.42 Å². The fourth-order valence-corrected chi connectivity index (χ4v) is 3.11. The average Bonchev–Trinajstić information content (AvgIpc) is 2.74. The maximum Gasteiger partial charge on any atom is 0.245 e. The predicted octanol–water partition coefficient (Wildman–Crippen LogP) is 2.69. The maximum absolute atomic E-state index is 5.96. The van der Waals surface area contributed by atoms with Crippen molar-refractivity contribution in [2.75, 3.05) is 31.1 Å². The molecule has 0 saturated carbocycles. The Kier molecular flexibility index (Phi) is 4.24. The fraction of sp³-hybridized carbons (Fsp3) is 0.385. The third-order valence-corrected chi connectivity index (χ3v) is 4.17. The van der Waals surface area contributed by atoms with Gasteiger partial charge in [0.2, 0.25) is 5.95 Å². The Labute approximate surface area is 130 Å². The highest BCUT2D eigenvalue weighted by atomic mass is 79.9. The smallest absolute Gasteiger partial charge is 0.245 e. The first-order valence-electron chi connectivity index (χ1n) is 6.57. The van der Waals surface area contributed by atoms with Gasteiger partial charge in [0.25, 0.3) is 0 Å². The Morgan fingerprint density at radius 1 is 1.25 bits per heavy atom. The van der Waals surface area contributed by atoms with Crippen molar-refractivity contribution in [1.82, 2.24) is 20.5 Å². The summed E-state index contributed by atoms with van der Waals surface area (Å²) in [6, 6.07) is 5.63. The molecule has 2 aromatic rings. The quantitative estimate of drug-likeness (QED) is 0.868. The summed E-state index contributed by atoms with van der Waals surface area (Å²) in [5.74, 6) is 1.51. The third-order valence-electron chi connectivity index (χ3n) is 3.28. The van der Waals surface area contributed by atoms with Crippen LogP contribution in [0, 0.1) is 0 Å². The molecule has 106 valence electrons. The minimum absolute atomic E-state index is 0.693. The average molecular weight is 357 g/mol. The van der Waals surface area contributed by atoms with Gasteiger partial charge in [-0.3, -0.25) is 5.10 Å². The minimum Gasteiger partial charge on any atom is -0.338 e. The van der Waals surface area contributed by atoms with E-state index in [0.717, 1.165) is 54.4 Å². The maximum atomic E-state index is 5.96. The zero-order valence-corrected chi connectivity index (χ0v) is 13.2. The van der Waals surface area contributed by atoms with Crippen molar-refractivity contribution >= 4 is 33.5 Å². The number of hydrogen-bond donors (Lipinski definition) is 2. The first-order valence-corrected chi connectivity index (χ1v) is 7.74. The molecule has 3 rings (SSSR count). The third kappa shape index (κ3) is 2.97. The van der Waals surface area contributed by atoms with Gasteiger partial charge in [-0.25, -0.2) is 0 Å². The van der Waals surface area contributed by atoms with Gasteiger partial charge in [0.05, 0.1) is 0 Å². The lowest BCUT2D eigenvalue weighted by molar-refractivity contribution is 0.724. The van der Waals surface area contributed by atoms with E-state index in [1.165, 1.54) is 0 Å². The van der Waals surface area contributed by atoms with Gasteiger partial charge in [0.1, 0.15) is 0 Å². The normalized spacial score (nSPS) is 16.2. The number of H-pyrrole nitrogens is 1. The van der Waals surface area contributed by atoms with E-state index in [9.17, 15) is 0 Å². The molecule has 1 aliphatic rings. The van der Waals surface area contributed by atoms with Crippen LogP contribution in [0.2, 0.25) is 5.02 Å². The lowest BCUT2D eigenvalue weighted by Crippen LogP contribution is -2.28. The molecule has 1 aromatic carbocycles. The van der Waals surface area contributed by atoms with Crippen molar-refractivity contribution in [2.24, 2.45) is 0 Å². The van der Waals surface area contributed by atoms with Crippen molar-refractivity contribution in [2.45, 2.75) is 6.42 Å². The molecule has 20 heavy (non-hydrogen) atoms. The van der Waals surface area contributed by atoms with Gasteiger partial charge in [-0.15, -0.1) is 5.10 Å². The number of aromatic amines is 1. The molecule has 2 heterocycles. The zero-order valence-electron chi connectivity index (χ0n) is 10.9. The Hall–Kier alpha value is -1.11. The zero-order chi connectivity index (χ0) is 13.9. The van der Waals surface area contributed by atoms with E-state index >= 15 is 0 Å². The van der Waals surface area contributed by atoms with Crippen molar-refractivity contribution in [3.05, 3.63) is 27.7 Å². The lowest BCUT2D eigenvalue weighted by Gasteiger charge is -2.16. The SMILES string of the molecule is Clc1ccc(-c2nc(N3CCCNCC3)n[nH]2)c(Br)c1. The molecule has 0 atom stereocenters. The second-order valence-corrected chi connectivity index (χ2v) is 5.99. The number of rotatable bonds is 2. The molecule has 2 N–H and O–H groups in total. The highest BCUT2D eigenvalue weighted by Gasteiger charge is 2.15. The van der Waals surface area contributed by atoms with E-state index in [1.54, 1.807) is 0 Å². The van der Waals surface area contributed by atoms with Crippen molar-refractivity contribution in [3.63, 3.8) is 0 Å². The number of nitrogens with zero attached hydrogens (tertiary/aromatic N) is 3. The Morgan fingerprint density at radius 3 is 3.00 bits per heavy atom. The topological polar surface area (TPSA) is 56.8 Å². The number of anilines is 1. The Morgan fingerprint density at radius 2 is 2.15 bits per heavy atom. The molecule has 1 fully saturated rings. The van der Waals surface area contributed by atoms with Crippen LogP contribution in [-0.2, 0) is 0 Å². The second-order valence-electron chi connectivity index (χ2n) is 4.70. The summed E-state index contributed by atoms with van der Waals surface area (Å²) in [6.07, 6.45) is 1.11. The summed E-state index contributed by atoms with van der Waals surface area (Å²) in [5, 5.41) is 11.4. The van der Waals surface area contributed by atoms with Gasteiger partial charge >= 0.3 is 0 Å². The summed E-state index contributed by atoms with van der Waals surface area (Å²) in [7, 11) is 0. The number of aromatic nitrogens is 3. The second kappa shape index (κ2) is 6.11. The van der Waals surface area contributed by atoms with Crippen LogP contribution >= 0.6 is 27.5 Å². The highest BCUT2D eigenvalue weighted by molar-refractivity contribution is 9.10. The standard InChI is InChI=1S/C13H15BrClN5/c14-11-8-9(15)2-3-10(11)12-17-13(19-18-12)20-6-1-4-16-5-7-20/h2-3,8,16H,1,4-7H2,(H,17,18,19). The van der Waals surface area contributed by atoms with Crippen LogP contribution in [-0.4, -0.2) is 41.4 Å². The molecule has 0 unspecified atom stereocenters. The van der Waals surface area contributed by atoms with Gasteiger partial charge in [-0.05, 0) is 47.1 Å². The summed E-state index contributed by atoms with van der Waals surface area (Å²) in [5.41, 5.74) is 0.959. The summed E-state index contributed by atoms with van der Waals surface area (Å²) in [6.45, 7) is 3.93. The van der Waals surface area contributed by atoms with Crippen molar-refractivity contribution in [1.29, 1.82) is 0 Å². The van der Waals surface area contributed by atoms with Gasteiger partial charge in [-0.1, -0.05) is 11.6 Å². The first-order chi connectivity index (χ1) is 9.74. The molecule has 0 spiro atoms. The Bertz CT molecular complexity index is 592. The van der Waals surface area contributed by atoms with Crippen LogP contribution in [0.3, 0.4) is 0 Å². The molecule has 0 radical (unpaired) electrons. The van der Waals surface area contributed by atoms with Crippen molar-refractivity contribution < 1.29 is 0 Å². The fourth-order valence-electron chi connectivity index (χ4n) is 2.24. The summed E-state index contributed by atoms with van der Waals surface area (Å²) in [4.78, 5) is 6.79. The van der Waals surface area contributed by atoms with Gasteiger partial charge < -0.3 is 10.2 Å². The molecule has 0 aliphatic carbocycles. The van der Waals surface area contributed by atoms with Gasteiger partial charge in [0.15, 0.2) is 5.82 Å². The van der Waals surface area contributed by atoms with Crippen LogP contribution in [0.4, 0.5) is 5.95 Å². The monoisotopic (exact) mass is 355 g/mol. The van der Waals surface area contributed by atoms with E-state index in [2.05, 4.69) is 41.3 Å². The summed E-state index contributed by atoms with van der Waals surface area (Å²) >= 11 is 9.46. The summed E-state index contributed by atoms with van der Waals surface area (Å²) < 4.78 is 0.908. The van der Waals surface area contributed by atoms with Crippen LogP contribution in [0.5, 0.6) is 0 Å². The van der Waals surface area contributed by atoms with E-state index in [-0.39, 0.29) is 0 Å². The number of nitrogens with one attached hydrogen (secondary N) is 2. The van der Waals surface area contributed by atoms with E-state index in [0.29, 0.717) is 5.02 Å². The lowest BCUT2D eigenvalue weighted by atomic mass is 10.2. The van der Waals surface area contributed by atoms with Crippen LogP contribution < -0.4 is 10.2 Å². The molecule has 5 nitrogen and oxygen atoms in total. The molecule has 0 bridgehead atoms. The van der Waals surface area contributed by atoms with E-state index < -0.39 is 0 Å². The molecular formula is C13H15BrClN5. The van der Waals surface area contributed by atoms with Crippen LogP contribution in [0.25, 0.3) is 11.4 Å². The number of hydrogen-bond acceptors (Lipinski definition) is 4. The van der Waals surface area contributed by atoms with E-state index in [4.69, 9.17) is 11.6 Å². The van der Waals surface area contributed by atoms with E-state index in [1.807, 2.05) is 18.2 Å². The molecular weight excluding hydrogens is 342 g/mol. The first kappa shape index (κ1) is 13.9. The number of benzene rings is 1. The van der Waals surface area contributed by atoms with Crippen molar-refractivity contribution in [3.8, 4) is 11.4 Å². The Balaban J connectivity index is 1.85. The molecule has 1 aromatic heterocycles. The van der Waals surface area contributed by atoms with Gasteiger partial charge in [0, 0.05) is 34.7 Å². The minimum atomic E-state index is 0.693. The van der Waals surface area contributed by atoms with Crippen LogP contribution in [0.15, 0.2) is 22.7 Å². The van der Waals surface area contributed by atoms with Gasteiger partial charge in [-0.2, -0.15) is 4.98 Å².